The van der Waals surface area contributed by atoms with Crippen LogP contribution < -0.4 is 11.1 Å². The number of nitrogens with zero attached hydrogens (tertiary/aromatic N) is 1. The van der Waals surface area contributed by atoms with Crippen LogP contribution in [0.4, 0.5) is 10.8 Å². The molecule has 0 radical (unpaired) electrons. The number of hydrogen-bond donors (Lipinski definition) is 2. The summed E-state index contributed by atoms with van der Waals surface area (Å²) in [5.41, 5.74) is 7.22. The maximum absolute atomic E-state index is 12.4. The molecule has 1 aromatic heterocycles. The molecule has 2 aliphatic carbocycles. The molecule has 0 amide bonds. The Morgan fingerprint density at radius 2 is 2.25 bits per heavy atom. The summed E-state index contributed by atoms with van der Waals surface area (Å²) in [6.07, 6.45) is 8.30. The highest BCUT2D eigenvalue weighted by molar-refractivity contribution is 7.92. The summed E-state index contributed by atoms with van der Waals surface area (Å²) in [6, 6.07) is 0. The topological polar surface area (TPSA) is 85.1 Å². The number of sulfone groups is 1. The summed E-state index contributed by atoms with van der Waals surface area (Å²) in [5.74, 6) is 0.143. The van der Waals surface area contributed by atoms with Crippen molar-refractivity contribution >= 4 is 32.2 Å². The fraction of sp³-hybridized carbons (Fsp3) is 0.615. The molecule has 0 atom stereocenters. The van der Waals surface area contributed by atoms with Gasteiger partial charge in [-0.25, -0.2) is 8.42 Å². The monoisotopic (exact) mass is 313 g/mol. The van der Waals surface area contributed by atoms with E-state index in [-0.39, 0.29) is 16.0 Å². The maximum Gasteiger partial charge on any atom is 0.187 e. The molecule has 0 bridgehead atoms. The van der Waals surface area contributed by atoms with E-state index < -0.39 is 9.84 Å². The van der Waals surface area contributed by atoms with Crippen LogP contribution in [-0.4, -0.2) is 24.6 Å². The average molecular weight is 313 g/mol. The normalized spacial score (nSPS) is 19.1. The van der Waals surface area contributed by atoms with Crippen molar-refractivity contribution in [1.82, 2.24) is 4.37 Å². The van der Waals surface area contributed by atoms with Crippen LogP contribution in [0.15, 0.2) is 16.5 Å². The zero-order valence-corrected chi connectivity index (χ0v) is 12.9. The molecule has 0 saturated heterocycles. The Balaban J connectivity index is 1.70. The highest BCUT2D eigenvalue weighted by Gasteiger charge is 2.40. The Kier molecular flexibility index (Phi) is 3.72. The maximum atomic E-state index is 12.4. The first-order valence-corrected chi connectivity index (χ1v) is 9.32. The molecule has 0 spiro atoms. The van der Waals surface area contributed by atoms with Gasteiger partial charge in [0.2, 0.25) is 0 Å². The lowest BCUT2D eigenvalue weighted by Crippen LogP contribution is -2.12. The second kappa shape index (κ2) is 5.37. The van der Waals surface area contributed by atoms with Crippen LogP contribution in [0.2, 0.25) is 0 Å². The minimum absolute atomic E-state index is 0.143. The average Bonchev–Trinajstić information content (AvgIpc) is 3.03. The summed E-state index contributed by atoms with van der Waals surface area (Å²) >= 11 is 1.15. The predicted octanol–water partition coefficient (Wildman–Crippen LogP) is 2.57. The number of nitrogens with two attached hydrogens (primary N) is 1. The van der Waals surface area contributed by atoms with Crippen molar-refractivity contribution in [3.05, 3.63) is 11.6 Å². The summed E-state index contributed by atoms with van der Waals surface area (Å²) in [7, 11) is -3.29. The van der Waals surface area contributed by atoms with E-state index in [0.717, 1.165) is 37.3 Å². The molecule has 1 heterocycles. The molecule has 1 saturated carbocycles. The van der Waals surface area contributed by atoms with Gasteiger partial charge in [0.25, 0.3) is 0 Å². The third-order valence-electron chi connectivity index (χ3n) is 3.79. The molecule has 1 fully saturated rings. The molecule has 1 aromatic rings. The lowest BCUT2D eigenvalue weighted by Gasteiger charge is -2.08. The van der Waals surface area contributed by atoms with Gasteiger partial charge in [0.15, 0.2) is 15.7 Å². The van der Waals surface area contributed by atoms with E-state index in [1.54, 1.807) is 0 Å². The van der Waals surface area contributed by atoms with Gasteiger partial charge in [-0.05, 0) is 50.1 Å². The predicted molar refractivity (Wildman–Crippen MR) is 81.8 cm³/mol. The number of hydrogen-bond acceptors (Lipinski definition) is 6. The van der Waals surface area contributed by atoms with Crippen molar-refractivity contribution < 1.29 is 8.42 Å². The lowest BCUT2D eigenvalue weighted by atomic mass is 10.2. The molecule has 2 aliphatic rings. The van der Waals surface area contributed by atoms with Crippen molar-refractivity contribution in [2.45, 2.75) is 48.7 Å². The highest BCUT2D eigenvalue weighted by Crippen LogP contribution is 2.41. The molecular weight excluding hydrogens is 294 g/mol. The first-order valence-electron chi connectivity index (χ1n) is 7.00. The number of anilines is 2. The number of allylic oxidation sites excluding steroid dienone is 1. The van der Waals surface area contributed by atoms with Gasteiger partial charge in [0, 0.05) is 6.54 Å². The smallest absolute Gasteiger partial charge is 0.187 e. The SMILES string of the molecule is Nc1nsc(NCCC2=CCCC2)c1S(=O)(=O)C1CC1. The molecule has 7 heteroatoms. The van der Waals surface area contributed by atoms with Crippen LogP contribution in [0.25, 0.3) is 0 Å². The number of rotatable bonds is 6. The van der Waals surface area contributed by atoms with E-state index in [1.807, 2.05) is 0 Å². The second-order valence-electron chi connectivity index (χ2n) is 5.40. The van der Waals surface area contributed by atoms with Gasteiger partial charge in [-0.1, -0.05) is 11.6 Å². The molecule has 110 valence electrons. The van der Waals surface area contributed by atoms with Crippen LogP contribution in [0.1, 0.15) is 38.5 Å². The Hall–Kier alpha value is -1.08. The van der Waals surface area contributed by atoms with Gasteiger partial charge < -0.3 is 11.1 Å². The molecule has 3 rings (SSSR count). The van der Waals surface area contributed by atoms with Crippen molar-refractivity contribution in [2.24, 2.45) is 0 Å². The first-order chi connectivity index (χ1) is 9.59. The van der Waals surface area contributed by atoms with E-state index in [2.05, 4.69) is 15.8 Å². The van der Waals surface area contributed by atoms with E-state index in [1.165, 1.54) is 24.8 Å². The minimum Gasteiger partial charge on any atom is -0.382 e. The van der Waals surface area contributed by atoms with Crippen LogP contribution in [-0.2, 0) is 9.84 Å². The lowest BCUT2D eigenvalue weighted by molar-refractivity contribution is 0.595. The van der Waals surface area contributed by atoms with Gasteiger partial charge in [0.05, 0.1) is 5.25 Å². The van der Waals surface area contributed by atoms with Crippen molar-refractivity contribution in [1.29, 1.82) is 0 Å². The largest absolute Gasteiger partial charge is 0.382 e. The third kappa shape index (κ3) is 2.69. The molecule has 3 N–H and O–H groups in total. The van der Waals surface area contributed by atoms with Gasteiger partial charge in [-0.2, -0.15) is 4.37 Å². The first kappa shape index (κ1) is 13.9. The van der Waals surface area contributed by atoms with Gasteiger partial charge >= 0.3 is 0 Å². The molecule has 20 heavy (non-hydrogen) atoms. The van der Waals surface area contributed by atoms with E-state index >= 15 is 0 Å². The summed E-state index contributed by atoms with van der Waals surface area (Å²) in [5, 5.41) is 3.56. The Morgan fingerprint density at radius 3 is 2.90 bits per heavy atom. The van der Waals surface area contributed by atoms with Crippen LogP contribution in [0.3, 0.4) is 0 Å². The third-order valence-corrected chi connectivity index (χ3v) is 7.07. The van der Waals surface area contributed by atoms with Crippen molar-refractivity contribution in [3.8, 4) is 0 Å². The summed E-state index contributed by atoms with van der Waals surface area (Å²) < 4.78 is 28.7. The second-order valence-corrected chi connectivity index (χ2v) is 8.34. The van der Waals surface area contributed by atoms with Crippen LogP contribution in [0.5, 0.6) is 0 Å². The molecule has 5 nitrogen and oxygen atoms in total. The van der Waals surface area contributed by atoms with Gasteiger partial charge in [-0.3, -0.25) is 0 Å². The molecule has 0 unspecified atom stereocenters. The van der Waals surface area contributed by atoms with E-state index in [9.17, 15) is 8.42 Å². The van der Waals surface area contributed by atoms with Gasteiger partial charge in [0.1, 0.15) is 9.90 Å². The van der Waals surface area contributed by atoms with Gasteiger partial charge in [-0.15, -0.1) is 0 Å². The van der Waals surface area contributed by atoms with E-state index in [4.69, 9.17) is 5.73 Å². The molecular formula is C13H19N3O2S2. The standard InChI is InChI=1S/C13H19N3O2S2/c14-12-11(20(17,18)10-5-6-10)13(19-16-12)15-8-7-9-3-1-2-4-9/h3,10,15H,1-2,4-8H2,(H2,14,16). The summed E-state index contributed by atoms with van der Waals surface area (Å²) in [4.78, 5) is 0.227. The Morgan fingerprint density at radius 1 is 1.45 bits per heavy atom. The summed E-state index contributed by atoms with van der Waals surface area (Å²) in [6.45, 7) is 0.737. The number of nitrogen functional groups attached to an aromatic ring is 1. The highest BCUT2D eigenvalue weighted by atomic mass is 32.2. The minimum atomic E-state index is -3.29. The molecule has 0 aliphatic heterocycles. The zero-order valence-electron chi connectivity index (χ0n) is 11.3. The number of aromatic nitrogens is 1. The van der Waals surface area contributed by atoms with Crippen molar-refractivity contribution in [2.75, 3.05) is 17.6 Å². The fourth-order valence-corrected chi connectivity index (χ4v) is 5.44. The zero-order chi connectivity index (χ0) is 14.2. The Bertz CT molecular complexity index is 630. The number of nitrogens with one attached hydrogen (secondary N) is 1. The van der Waals surface area contributed by atoms with Crippen molar-refractivity contribution in [3.63, 3.8) is 0 Å². The van der Waals surface area contributed by atoms with E-state index in [0.29, 0.717) is 5.00 Å². The quantitative estimate of drug-likeness (QED) is 0.788. The molecule has 0 aromatic carbocycles. The Labute approximate surface area is 123 Å². The van der Waals surface area contributed by atoms with Crippen LogP contribution in [0, 0.1) is 0 Å². The fourth-order valence-electron chi connectivity index (χ4n) is 2.53. The van der Waals surface area contributed by atoms with Crippen LogP contribution >= 0.6 is 11.5 Å².